The lowest BCUT2D eigenvalue weighted by Crippen LogP contribution is -2.18. The topological polar surface area (TPSA) is 79.5 Å². The van der Waals surface area contributed by atoms with Gasteiger partial charge in [0.15, 0.2) is 5.82 Å². The molecular weight excluding hydrogens is 258 g/mol. The van der Waals surface area contributed by atoms with Crippen LogP contribution in [0.1, 0.15) is 34.6 Å². The summed E-state index contributed by atoms with van der Waals surface area (Å²) in [6, 6.07) is 6.84. The number of benzene rings is 1. The maximum absolute atomic E-state index is 10.8. The van der Waals surface area contributed by atoms with Crippen LogP contribution in [0.3, 0.4) is 0 Å². The monoisotopic (exact) mass is 275 g/mol. The van der Waals surface area contributed by atoms with E-state index in [9.17, 15) is 4.79 Å². The summed E-state index contributed by atoms with van der Waals surface area (Å²) < 4.78 is 5.05. The van der Waals surface area contributed by atoms with Gasteiger partial charge < -0.3 is 9.63 Å². The van der Waals surface area contributed by atoms with Crippen LogP contribution in [0.4, 0.5) is 0 Å². The van der Waals surface area contributed by atoms with Gasteiger partial charge in [-0.05, 0) is 24.7 Å². The molecule has 0 aliphatic rings. The molecule has 0 atom stereocenters. The van der Waals surface area contributed by atoms with Crippen molar-refractivity contribution in [3.05, 3.63) is 47.1 Å². The molecule has 0 spiro atoms. The van der Waals surface area contributed by atoms with E-state index in [-0.39, 0.29) is 0 Å². The molecule has 0 saturated carbocycles. The minimum Gasteiger partial charge on any atom is -0.478 e. The highest BCUT2D eigenvalue weighted by atomic mass is 16.5. The fourth-order valence-corrected chi connectivity index (χ4v) is 1.86. The second-order valence-electron chi connectivity index (χ2n) is 4.63. The van der Waals surface area contributed by atoms with Crippen molar-refractivity contribution in [2.24, 2.45) is 0 Å². The van der Waals surface area contributed by atoms with Crippen LogP contribution in [0.25, 0.3) is 0 Å². The molecular formula is C14H17N3O3. The Morgan fingerprint density at radius 3 is 2.55 bits per heavy atom. The maximum atomic E-state index is 10.8. The number of hydrogen-bond acceptors (Lipinski definition) is 5. The normalized spacial score (nSPS) is 10.9. The lowest BCUT2D eigenvalue weighted by Gasteiger charge is -2.14. The van der Waals surface area contributed by atoms with Crippen molar-refractivity contribution in [1.29, 1.82) is 0 Å². The fraction of sp³-hybridized carbons (Fsp3) is 0.357. The van der Waals surface area contributed by atoms with Gasteiger partial charge in [0.1, 0.15) is 0 Å². The third-order valence-electron chi connectivity index (χ3n) is 2.88. The number of hydrogen-bond donors (Lipinski definition) is 1. The van der Waals surface area contributed by atoms with E-state index in [1.807, 2.05) is 31.0 Å². The molecule has 6 heteroatoms. The summed E-state index contributed by atoms with van der Waals surface area (Å²) >= 11 is 0. The van der Waals surface area contributed by atoms with Crippen LogP contribution in [-0.2, 0) is 19.5 Å². The van der Waals surface area contributed by atoms with Crippen LogP contribution in [0, 0.1) is 0 Å². The van der Waals surface area contributed by atoms with E-state index in [1.165, 1.54) is 0 Å². The zero-order chi connectivity index (χ0) is 14.5. The first-order chi connectivity index (χ1) is 9.58. The smallest absolute Gasteiger partial charge is 0.335 e. The van der Waals surface area contributed by atoms with Crippen molar-refractivity contribution in [3.63, 3.8) is 0 Å². The van der Waals surface area contributed by atoms with Gasteiger partial charge in [-0.25, -0.2) is 4.79 Å². The molecule has 0 aliphatic carbocycles. The zero-order valence-corrected chi connectivity index (χ0v) is 11.5. The summed E-state index contributed by atoms with van der Waals surface area (Å²) in [7, 11) is 1.95. The lowest BCUT2D eigenvalue weighted by atomic mass is 10.1. The largest absolute Gasteiger partial charge is 0.478 e. The highest BCUT2D eigenvalue weighted by molar-refractivity contribution is 5.87. The number of aromatic nitrogens is 2. The van der Waals surface area contributed by atoms with E-state index < -0.39 is 5.97 Å². The van der Waals surface area contributed by atoms with Gasteiger partial charge in [-0.3, -0.25) is 4.90 Å². The first kappa shape index (κ1) is 14.2. The molecule has 1 aromatic heterocycles. The third-order valence-corrected chi connectivity index (χ3v) is 2.88. The van der Waals surface area contributed by atoms with E-state index in [4.69, 9.17) is 9.63 Å². The SMILES string of the molecule is CCc1nc(CN(C)Cc2ccc(C(=O)O)cc2)no1. The predicted molar refractivity (Wildman–Crippen MR) is 72.2 cm³/mol. The van der Waals surface area contributed by atoms with Crippen LogP contribution >= 0.6 is 0 Å². The van der Waals surface area contributed by atoms with Crippen LogP contribution < -0.4 is 0 Å². The van der Waals surface area contributed by atoms with Gasteiger partial charge in [0.2, 0.25) is 5.89 Å². The molecule has 0 saturated heterocycles. The first-order valence-electron chi connectivity index (χ1n) is 6.40. The van der Waals surface area contributed by atoms with Crippen molar-refractivity contribution in [3.8, 4) is 0 Å². The molecule has 2 aromatic rings. The summed E-state index contributed by atoms with van der Waals surface area (Å²) in [5.74, 6) is 0.384. The second-order valence-corrected chi connectivity index (χ2v) is 4.63. The molecule has 20 heavy (non-hydrogen) atoms. The van der Waals surface area contributed by atoms with E-state index in [2.05, 4.69) is 10.1 Å². The Bertz CT molecular complexity index is 578. The van der Waals surface area contributed by atoms with Crippen molar-refractivity contribution in [2.75, 3.05) is 7.05 Å². The minimum atomic E-state index is -0.913. The maximum Gasteiger partial charge on any atom is 0.335 e. The molecule has 0 radical (unpaired) electrons. The molecule has 0 fully saturated rings. The molecule has 106 valence electrons. The quantitative estimate of drug-likeness (QED) is 0.868. The standard InChI is InChI=1S/C14H17N3O3/c1-3-13-15-12(16-20-13)9-17(2)8-10-4-6-11(7-5-10)14(18)19/h4-7H,3,8-9H2,1-2H3,(H,18,19). The highest BCUT2D eigenvalue weighted by Crippen LogP contribution is 2.09. The van der Waals surface area contributed by atoms with Gasteiger partial charge in [-0.15, -0.1) is 0 Å². The van der Waals surface area contributed by atoms with Crippen molar-refractivity contribution < 1.29 is 14.4 Å². The summed E-state index contributed by atoms with van der Waals surface area (Å²) in [6.07, 6.45) is 0.730. The third kappa shape index (κ3) is 3.64. The molecule has 1 N–H and O–H groups in total. The number of carboxylic acids is 1. The number of carboxylic acid groups (broad SMARTS) is 1. The average Bonchev–Trinajstić information content (AvgIpc) is 2.86. The molecule has 0 amide bonds. The Morgan fingerprint density at radius 1 is 1.30 bits per heavy atom. The van der Waals surface area contributed by atoms with Gasteiger partial charge >= 0.3 is 5.97 Å². The second kappa shape index (κ2) is 6.29. The molecule has 0 unspecified atom stereocenters. The zero-order valence-electron chi connectivity index (χ0n) is 11.5. The van der Waals surface area contributed by atoms with Crippen LogP contribution in [0.5, 0.6) is 0 Å². The molecule has 0 bridgehead atoms. The van der Waals surface area contributed by atoms with E-state index >= 15 is 0 Å². The Morgan fingerprint density at radius 2 is 2.00 bits per heavy atom. The molecule has 0 aliphatic heterocycles. The number of carbonyl (C=O) groups is 1. The first-order valence-corrected chi connectivity index (χ1v) is 6.40. The van der Waals surface area contributed by atoms with Crippen molar-refractivity contribution >= 4 is 5.97 Å². The Kier molecular flexibility index (Phi) is 4.47. The fourth-order valence-electron chi connectivity index (χ4n) is 1.86. The summed E-state index contributed by atoms with van der Waals surface area (Å²) in [5.41, 5.74) is 1.33. The summed E-state index contributed by atoms with van der Waals surface area (Å²) in [5, 5.41) is 12.7. The highest BCUT2D eigenvalue weighted by Gasteiger charge is 2.09. The molecule has 1 heterocycles. The minimum absolute atomic E-state index is 0.294. The number of rotatable bonds is 6. The lowest BCUT2D eigenvalue weighted by molar-refractivity contribution is 0.0697. The molecule has 6 nitrogen and oxygen atoms in total. The van der Waals surface area contributed by atoms with Gasteiger partial charge in [0.05, 0.1) is 12.1 Å². The Balaban J connectivity index is 1.93. The van der Waals surface area contributed by atoms with Crippen molar-refractivity contribution in [2.45, 2.75) is 26.4 Å². The van der Waals surface area contributed by atoms with Crippen LogP contribution in [0.15, 0.2) is 28.8 Å². The average molecular weight is 275 g/mol. The van der Waals surface area contributed by atoms with E-state index in [1.54, 1.807) is 12.1 Å². The molecule has 2 rings (SSSR count). The van der Waals surface area contributed by atoms with E-state index in [0.717, 1.165) is 12.0 Å². The van der Waals surface area contributed by atoms with Crippen molar-refractivity contribution in [1.82, 2.24) is 15.0 Å². The van der Waals surface area contributed by atoms with Gasteiger partial charge in [0.25, 0.3) is 0 Å². The molecule has 1 aromatic carbocycles. The Labute approximate surface area is 117 Å². The summed E-state index contributed by atoms with van der Waals surface area (Å²) in [6.45, 7) is 3.24. The van der Waals surface area contributed by atoms with Gasteiger partial charge in [0, 0.05) is 13.0 Å². The number of nitrogens with zero attached hydrogens (tertiary/aromatic N) is 3. The van der Waals surface area contributed by atoms with Crippen LogP contribution in [0.2, 0.25) is 0 Å². The number of aromatic carboxylic acids is 1. The Hall–Kier alpha value is -2.21. The number of aryl methyl sites for hydroxylation is 1. The van der Waals surface area contributed by atoms with Crippen LogP contribution in [-0.4, -0.2) is 33.2 Å². The van der Waals surface area contributed by atoms with Gasteiger partial charge in [-0.2, -0.15) is 4.98 Å². The predicted octanol–water partition coefficient (Wildman–Crippen LogP) is 1.96. The summed E-state index contributed by atoms with van der Waals surface area (Å²) in [4.78, 5) is 17.1. The van der Waals surface area contributed by atoms with E-state index in [0.29, 0.717) is 30.4 Å². The van der Waals surface area contributed by atoms with Gasteiger partial charge in [-0.1, -0.05) is 24.2 Å².